The first-order valence-corrected chi connectivity index (χ1v) is 12.1. The molecule has 8 heteroatoms. The van der Waals surface area contributed by atoms with E-state index in [1.165, 1.54) is 47.2 Å². The molecule has 0 saturated carbocycles. The van der Waals surface area contributed by atoms with Crippen molar-refractivity contribution in [2.45, 2.75) is 44.9 Å². The van der Waals surface area contributed by atoms with Crippen molar-refractivity contribution >= 4 is 45.1 Å². The van der Waals surface area contributed by atoms with Gasteiger partial charge in [-0.1, -0.05) is 12.1 Å². The summed E-state index contributed by atoms with van der Waals surface area (Å²) in [5, 5.41) is 4.52. The highest BCUT2D eigenvalue weighted by molar-refractivity contribution is 7.99. The summed E-state index contributed by atoms with van der Waals surface area (Å²) >= 11 is 3.20. The molecule has 0 unspecified atom stereocenters. The van der Waals surface area contributed by atoms with Crippen LogP contribution in [0.4, 0.5) is 10.2 Å². The lowest BCUT2D eigenvalue weighted by molar-refractivity contribution is -0.139. The van der Waals surface area contributed by atoms with E-state index in [1.807, 2.05) is 6.07 Å². The molecule has 2 aromatic heterocycles. The minimum Gasteiger partial charge on any atom is -0.465 e. The maximum atomic E-state index is 13.6. The number of rotatable bonds is 8. The third-order valence-electron chi connectivity index (χ3n) is 4.97. The fourth-order valence-electron chi connectivity index (χ4n) is 3.66. The molecule has 30 heavy (non-hydrogen) atoms. The van der Waals surface area contributed by atoms with Gasteiger partial charge >= 0.3 is 5.97 Å². The second kappa shape index (κ2) is 9.75. The van der Waals surface area contributed by atoms with Crippen LogP contribution in [0, 0.1) is 5.82 Å². The Labute approximate surface area is 183 Å². The highest BCUT2D eigenvalue weighted by Gasteiger charge is 2.21. The van der Waals surface area contributed by atoms with E-state index in [9.17, 15) is 9.18 Å². The van der Waals surface area contributed by atoms with Crippen LogP contribution >= 0.6 is 23.1 Å². The fourth-order valence-corrected chi connectivity index (χ4v) is 5.60. The number of nitrogens with one attached hydrogen (secondary N) is 1. The molecular formula is C22H24FN3O2S2. The molecule has 1 aliphatic carbocycles. The molecule has 158 valence electrons. The molecule has 0 amide bonds. The van der Waals surface area contributed by atoms with E-state index in [0.29, 0.717) is 24.7 Å². The zero-order chi connectivity index (χ0) is 20.9. The minimum absolute atomic E-state index is 0.223. The Morgan fingerprint density at radius 2 is 2.17 bits per heavy atom. The average Bonchev–Trinajstić information content (AvgIpc) is 3.11. The monoisotopic (exact) mass is 445 g/mol. The molecule has 0 bridgehead atoms. The highest BCUT2D eigenvalue weighted by Crippen LogP contribution is 2.39. The molecule has 1 aromatic carbocycles. The molecule has 0 atom stereocenters. The van der Waals surface area contributed by atoms with Crippen molar-refractivity contribution in [2.75, 3.05) is 17.7 Å². The smallest absolute Gasteiger partial charge is 0.315 e. The number of aromatic nitrogens is 2. The van der Waals surface area contributed by atoms with Gasteiger partial charge in [-0.15, -0.1) is 23.1 Å². The largest absolute Gasteiger partial charge is 0.465 e. The zero-order valence-corrected chi connectivity index (χ0v) is 18.5. The molecule has 0 radical (unpaired) electrons. The average molecular weight is 446 g/mol. The quantitative estimate of drug-likeness (QED) is 0.486. The Morgan fingerprint density at radius 1 is 1.30 bits per heavy atom. The number of thiophene rings is 1. The summed E-state index contributed by atoms with van der Waals surface area (Å²) in [7, 11) is 0. The van der Waals surface area contributed by atoms with E-state index in [-0.39, 0.29) is 17.5 Å². The topological polar surface area (TPSA) is 64.1 Å². The number of carbonyl (C=O) groups excluding carboxylic acids is 1. The first-order valence-electron chi connectivity index (χ1n) is 10.2. The Hall–Kier alpha value is -2.19. The number of hydrogen-bond donors (Lipinski definition) is 1. The Morgan fingerprint density at radius 3 is 3.00 bits per heavy atom. The van der Waals surface area contributed by atoms with Crippen molar-refractivity contribution in [3.63, 3.8) is 0 Å². The molecule has 5 nitrogen and oxygen atoms in total. The van der Waals surface area contributed by atoms with E-state index < -0.39 is 0 Å². The van der Waals surface area contributed by atoms with Gasteiger partial charge in [0.05, 0.1) is 23.5 Å². The Balaban J connectivity index is 1.59. The summed E-state index contributed by atoms with van der Waals surface area (Å²) in [6.45, 7) is 2.68. The van der Waals surface area contributed by atoms with Gasteiger partial charge < -0.3 is 10.1 Å². The maximum Gasteiger partial charge on any atom is 0.315 e. The molecule has 0 spiro atoms. The first-order chi connectivity index (χ1) is 14.6. The third kappa shape index (κ3) is 4.92. The van der Waals surface area contributed by atoms with E-state index in [2.05, 4.69) is 5.32 Å². The highest BCUT2D eigenvalue weighted by atomic mass is 32.2. The number of benzene rings is 1. The molecule has 1 N–H and O–H groups in total. The van der Waals surface area contributed by atoms with Gasteiger partial charge in [0.25, 0.3) is 0 Å². The molecule has 4 rings (SSSR count). The molecule has 3 aromatic rings. The summed E-state index contributed by atoms with van der Waals surface area (Å²) in [6.07, 6.45) is 4.53. The summed E-state index contributed by atoms with van der Waals surface area (Å²) in [4.78, 5) is 23.6. The second-order valence-corrected chi connectivity index (χ2v) is 9.23. The molecular weight excluding hydrogens is 421 g/mol. The Kier molecular flexibility index (Phi) is 6.84. The fraction of sp³-hybridized carbons (Fsp3) is 0.409. The molecule has 2 heterocycles. The second-order valence-electron chi connectivity index (χ2n) is 7.16. The summed E-state index contributed by atoms with van der Waals surface area (Å²) in [6, 6.07) is 6.59. The van der Waals surface area contributed by atoms with Crippen molar-refractivity contribution < 1.29 is 13.9 Å². The van der Waals surface area contributed by atoms with Crippen LogP contribution in [0.15, 0.2) is 24.3 Å². The minimum atomic E-state index is -0.244. The van der Waals surface area contributed by atoms with Gasteiger partial charge in [-0.25, -0.2) is 14.4 Å². The van der Waals surface area contributed by atoms with E-state index >= 15 is 0 Å². The van der Waals surface area contributed by atoms with Gasteiger partial charge in [-0.3, -0.25) is 4.79 Å². The zero-order valence-electron chi connectivity index (χ0n) is 16.9. The molecule has 1 aliphatic rings. The van der Waals surface area contributed by atoms with Gasteiger partial charge in [0.1, 0.15) is 22.3 Å². The number of thioether (sulfide) groups is 1. The third-order valence-corrected chi connectivity index (χ3v) is 7.05. The van der Waals surface area contributed by atoms with Gasteiger partial charge in [0, 0.05) is 11.4 Å². The van der Waals surface area contributed by atoms with Gasteiger partial charge in [-0.05, 0) is 55.9 Å². The Bertz CT molecular complexity index is 1050. The number of carbonyl (C=O) groups is 1. The van der Waals surface area contributed by atoms with Crippen LogP contribution in [-0.4, -0.2) is 28.3 Å². The number of fused-ring (bicyclic) bond motifs is 3. The van der Waals surface area contributed by atoms with Crippen LogP contribution in [0.3, 0.4) is 0 Å². The number of hydrogen-bond acceptors (Lipinski definition) is 7. The van der Waals surface area contributed by atoms with Crippen molar-refractivity contribution in [1.29, 1.82) is 0 Å². The number of esters is 1. The lowest BCUT2D eigenvalue weighted by atomic mass is 9.97. The van der Waals surface area contributed by atoms with Crippen LogP contribution in [0.1, 0.15) is 41.6 Å². The number of ether oxygens (including phenoxy) is 1. The van der Waals surface area contributed by atoms with E-state index in [0.717, 1.165) is 34.4 Å². The van der Waals surface area contributed by atoms with E-state index in [1.54, 1.807) is 24.3 Å². The number of aryl methyl sites for hydroxylation is 2. The predicted octanol–water partition coefficient (Wildman–Crippen LogP) is 5.12. The first kappa shape index (κ1) is 21.1. The SMILES string of the molecule is CCOC(=O)CSCc1nc(NCc2cccc(F)c2)c2c3c(sc2n1)CCCC3. The molecule has 0 fully saturated rings. The van der Waals surface area contributed by atoms with Crippen LogP contribution in [0.5, 0.6) is 0 Å². The van der Waals surface area contributed by atoms with Crippen molar-refractivity contribution in [3.05, 3.63) is 51.9 Å². The lowest BCUT2D eigenvalue weighted by Gasteiger charge is -2.13. The van der Waals surface area contributed by atoms with Gasteiger partial charge in [-0.2, -0.15) is 0 Å². The number of halogens is 1. The standard InChI is InChI=1S/C22H24FN3O2S2/c1-2-28-19(27)13-29-12-18-25-21(24-11-14-6-5-7-15(23)10-14)20-16-8-3-4-9-17(16)30-22(20)26-18/h5-7,10H,2-4,8-9,11-13H2,1H3,(H,24,25,26). The lowest BCUT2D eigenvalue weighted by Crippen LogP contribution is -2.08. The van der Waals surface area contributed by atoms with Gasteiger partial charge in [0.15, 0.2) is 0 Å². The summed E-state index contributed by atoms with van der Waals surface area (Å²) < 4.78 is 18.5. The summed E-state index contributed by atoms with van der Waals surface area (Å²) in [5.41, 5.74) is 2.22. The van der Waals surface area contributed by atoms with Crippen LogP contribution in [0.25, 0.3) is 10.2 Å². The summed E-state index contributed by atoms with van der Waals surface area (Å²) in [5.74, 6) is 1.84. The number of nitrogens with zero attached hydrogens (tertiary/aromatic N) is 2. The number of anilines is 1. The molecule has 0 aliphatic heterocycles. The predicted molar refractivity (Wildman–Crippen MR) is 121 cm³/mol. The van der Waals surface area contributed by atoms with Gasteiger partial charge in [0.2, 0.25) is 0 Å². The van der Waals surface area contributed by atoms with E-state index in [4.69, 9.17) is 14.7 Å². The van der Waals surface area contributed by atoms with Crippen LogP contribution in [-0.2, 0) is 34.7 Å². The van der Waals surface area contributed by atoms with Crippen molar-refractivity contribution in [1.82, 2.24) is 9.97 Å². The maximum absolute atomic E-state index is 13.6. The molecule has 0 saturated heterocycles. The van der Waals surface area contributed by atoms with Crippen LogP contribution < -0.4 is 5.32 Å². The van der Waals surface area contributed by atoms with Crippen molar-refractivity contribution in [3.8, 4) is 0 Å². The van der Waals surface area contributed by atoms with Crippen molar-refractivity contribution in [2.24, 2.45) is 0 Å². The normalized spacial score (nSPS) is 13.3. The van der Waals surface area contributed by atoms with Crippen LogP contribution in [0.2, 0.25) is 0 Å².